The number of aromatic nitrogens is 1. The zero-order valence-electron chi connectivity index (χ0n) is 17.6. The first-order valence-corrected chi connectivity index (χ1v) is 10.9. The number of rotatable bonds is 5. The van der Waals surface area contributed by atoms with Gasteiger partial charge in [0.2, 0.25) is 0 Å². The molecule has 0 aliphatic carbocycles. The van der Waals surface area contributed by atoms with Gasteiger partial charge in [-0.3, -0.25) is 24.3 Å². The molecule has 2 aromatic carbocycles. The van der Waals surface area contributed by atoms with Crippen LogP contribution in [-0.2, 0) is 6.42 Å². The molecule has 1 unspecified atom stereocenters. The molecule has 1 saturated heterocycles. The lowest BCUT2D eigenvalue weighted by Gasteiger charge is -2.25. The van der Waals surface area contributed by atoms with Crippen molar-refractivity contribution >= 4 is 17.7 Å². The topological polar surface area (TPSA) is 70.6 Å². The van der Waals surface area contributed by atoms with E-state index in [4.69, 9.17) is 0 Å². The van der Waals surface area contributed by atoms with Gasteiger partial charge in [0, 0.05) is 31.0 Å². The fourth-order valence-corrected chi connectivity index (χ4v) is 4.61. The lowest BCUT2D eigenvalue weighted by molar-refractivity contribution is 0.0655. The van der Waals surface area contributed by atoms with Gasteiger partial charge in [-0.1, -0.05) is 36.4 Å². The van der Waals surface area contributed by atoms with Crippen molar-refractivity contribution < 1.29 is 14.4 Å². The number of carbonyl (C=O) groups is 3. The Morgan fingerprint density at radius 2 is 1.78 bits per heavy atom. The molecule has 1 fully saturated rings. The summed E-state index contributed by atoms with van der Waals surface area (Å²) in [7, 11) is 0. The molecule has 32 heavy (non-hydrogen) atoms. The third-order valence-corrected chi connectivity index (χ3v) is 6.27. The molecule has 0 saturated carbocycles. The van der Waals surface area contributed by atoms with Crippen molar-refractivity contribution in [3.05, 3.63) is 101 Å². The largest absolute Gasteiger partial charge is 0.332 e. The number of nitrogens with zero attached hydrogens (tertiary/aromatic N) is 3. The van der Waals surface area contributed by atoms with Gasteiger partial charge < -0.3 is 4.90 Å². The van der Waals surface area contributed by atoms with Crippen LogP contribution < -0.4 is 0 Å². The number of hydrogen-bond donors (Lipinski definition) is 0. The van der Waals surface area contributed by atoms with E-state index in [1.165, 1.54) is 4.90 Å². The Hall–Kier alpha value is -3.80. The van der Waals surface area contributed by atoms with Crippen LogP contribution in [0.1, 0.15) is 61.1 Å². The second kappa shape index (κ2) is 8.38. The second-order valence-corrected chi connectivity index (χ2v) is 8.20. The fourth-order valence-electron chi connectivity index (χ4n) is 4.61. The number of hydrogen-bond acceptors (Lipinski definition) is 4. The van der Waals surface area contributed by atoms with E-state index in [0.717, 1.165) is 24.0 Å². The summed E-state index contributed by atoms with van der Waals surface area (Å²) < 4.78 is 0. The zero-order valence-corrected chi connectivity index (χ0v) is 17.6. The number of carbonyl (C=O) groups excluding carboxylic acids is 3. The standard InChI is InChI=1S/C26H23N3O3/c30-24(28-14-5-9-23(28)20-8-4-13-27-17-20)19-10-11-21-22(16-19)26(32)29(25(21)31)15-12-18-6-2-1-3-7-18/h1-4,6-8,10-11,13,16-17,23H,5,9,12,14-15H2. The van der Waals surface area contributed by atoms with Gasteiger partial charge in [0.05, 0.1) is 17.2 Å². The van der Waals surface area contributed by atoms with Gasteiger partial charge in [0.25, 0.3) is 17.7 Å². The molecule has 0 bridgehead atoms. The molecule has 0 spiro atoms. The Morgan fingerprint density at radius 3 is 2.56 bits per heavy atom. The second-order valence-electron chi connectivity index (χ2n) is 8.20. The molecular weight excluding hydrogens is 402 g/mol. The Bertz CT molecular complexity index is 1180. The molecule has 6 heteroatoms. The SMILES string of the molecule is O=C1c2ccc(C(=O)N3CCCC3c3cccnc3)cc2C(=O)N1CCc1ccccc1. The number of likely N-dealkylation sites (tertiary alicyclic amines) is 1. The van der Waals surface area contributed by atoms with Crippen molar-refractivity contribution in [2.24, 2.45) is 0 Å². The summed E-state index contributed by atoms with van der Waals surface area (Å²) in [4.78, 5) is 46.4. The molecule has 6 nitrogen and oxygen atoms in total. The molecule has 1 atom stereocenters. The molecule has 3 amide bonds. The molecule has 3 heterocycles. The van der Waals surface area contributed by atoms with Gasteiger partial charge in [-0.15, -0.1) is 0 Å². The van der Waals surface area contributed by atoms with E-state index in [-0.39, 0.29) is 23.8 Å². The Morgan fingerprint density at radius 1 is 0.969 bits per heavy atom. The van der Waals surface area contributed by atoms with Crippen molar-refractivity contribution in [3.8, 4) is 0 Å². The molecule has 3 aromatic rings. The van der Waals surface area contributed by atoms with Crippen molar-refractivity contribution in [2.45, 2.75) is 25.3 Å². The Balaban J connectivity index is 1.36. The van der Waals surface area contributed by atoms with E-state index in [1.54, 1.807) is 30.6 Å². The summed E-state index contributed by atoms with van der Waals surface area (Å²) in [5, 5.41) is 0. The van der Waals surface area contributed by atoms with Crippen molar-refractivity contribution in [1.29, 1.82) is 0 Å². The maximum atomic E-state index is 13.3. The van der Waals surface area contributed by atoms with Crippen LogP contribution in [0.3, 0.4) is 0 Å². The predicted octanol–water partition coefficient (Wildman–Crippen LogP) is 3.90. The average Bonchev–Trinajstić information content (AvgIpc) is 3.42. The van der Waals surface area contributed by atoms with Crippen LogP contribution in [0.2, 0.25) is 0 Å². The quantitative estimate of drug-likeness (QED) is 0.582. The van der Waals surface area contributed by atoms with Gasteiger partial charge in [-0.2, -0.15) is 0 Å². The highest BCUT2D eigenvalue weighted by molar-refractivity contribution is 6.22. The molecule has 5 rings (SSSR count). The highest BCUT2D eigenvalue weighted by Gasteiger charge is 2.37. The van der Waals surface area contributed by atoms with Crippen LogP contribution >= 0.6 is 0 Å². The first-order chi connectivity index (χ1) is 15.6. The summed E-state index contributed by atoms with van der Waals surface area (Å²) in [6.45, 7) is 0.973. The molecular formula is C26H23N3O3. The molecule has 0 radical (unpaired) electrons. The predicted molar refractivity (Wildman–Crippen MR) is 119 cm³/mol. The number of imide groups is 1. The molecule has 160 valence electrons. The summed E-state index contributed by atoms with van der Waals surface area (Å²) in [5.74, 6) is -0.753. The van der Waals surface area contributed by atoms with E-state index >= 15 is 0 Å². The van der Waals surface area contributed by atoms with Crippen LogP contribution in [0.15, 0.2) is 73.1 Å². The van der Waals surface area contributed by atoms with Gasteiger partial charge >= 0.3 is 0 Å². The average molecular weight is 425 g/mol. The van der Waals surface area contributed by atoms with Gasteiger partial charge in [0.15, 0.2) is 0 Å². The minimum atomic E-state index is -0.333. The first-order valence-electron chi connectivity index (χ1n) is 10.9. The van der Waals surface area contributed by atoms with Crippen LogP contribution in [0.5, 0.6) is 0 Å². The van der Waals surface area contributed by atoms with Crippen LogP contribution in [0.25, 0.3) is 0 Å². The summed E-state index contributed by atoms with van der Waals surface area (Å²) in [6, 6.07) is 18.4. The first kappa shape index (κ1) is 20.1. The molecule has 2 aliphatic rings. The van der Waals surface area contributed by atoms with Gasteiger partial charge in [-0.05, 0) is 54.7 Å². The number of benzene rings is 2. The summed E-state index contributed by atoms with van der Waals surface area (Å²) in [5.41, 5.74) is 3.19. The van der Waals surface area contributed by atoms with Crippen molar-refractivity contribution in [1.82, 2.24) is 14.8 Å². The third kappa shape index (κ3) is 3.58. The monoisotopic (exact) mass is 425 g/mol. The Labute approximate surface area is 186 Å². The summed E-state index contributed by atoms with van der Waals surface area (Å²) >= 11 is 0. The van der Waals surface area contributed by atoms with E-state index in [2.05, 4.69) is 4.98 Å². The molecule has 2 aliphatic heterocycles. The maximum absolute atomic E-state index is 13.3. The van der Waals surface area contributed by atoms with Crippen LogP contribution in [-0.4, -0.2) is 45.6 Å². The number of amides is 3. The number of fused-ring (bicyclic) bond motifs is 1. The normalized spacial score (nSPS) is 17.7. The van der Waals surface area contributed by atoms with Crippen LogP contribution in [0, 0.1) is 0 Å². The van der Waals surface area contributed by atoms with Crippen molar-refractivity contribution in [3.63, 3.8) is 0 Å². The van der Waals surface area contributed by atoms with Crippen molar-refractivity contribution in [2.75, 3.05) is 13.1 Å². The van der Waals surface area contributed by atoms with E-state index in [0.29, 0.717) is 36.2 Å². The molecule has 1 aromatic heterocycles. The van der Waals surface area contributed by atoms with Gasteiger partial charge in [-0.25, -0.2) is 0 Å². The molecule has 0 N–H and O–H groups in total. The smallest absolute Gasteiger partial charge is 0.261 e. The number of pyridine rings is 1. The maximum Gasteiger partial charge on any atom is 0.261 e. The van der Waals surface area contributed by atoms with E-state index in [1.807, 2.05) is 47.4 Å². The lowest BCUT2D eigenvalue weighted by Crippen LogP contribution is -2.32. The summed E-state index contributed by atoms with van der Waals surface area (Å²) in [6.07, 6.45) is 5.91. The third-order valence-electron chi connectivity index (χ3n) is 6.27. The minimum Gasteiger partial charge on any atom is -0.332 e. The van der Waals surface area contributed by atoms with Crippen LogP contribution in [0.4, 0.5) is 0 Å². The highest BCUT2D eigenvalue weighted by Crippen LogP contribution is 2.33. The van der Waals surface area contributed by atoms with E-state index < -0.39 is 0 Å². The lowest BCUT2D eigenvalue weighted by atomic mass is 10.0. The fraction of sp³-hybridized carbons (Fsp3) is 0.231. The minimum absolute atomic E-state index is 0.0239. The Kier molecular flexibility index (Phi) is 5.27. The van der Waals surface area contributed by atoms with E-state index in [9.17, 15) is 14.4 Å². The van der Waals surface area contributed by atoms with Gasteiger partial charge in [0.1, 0.15) is 0 Å². The zero-order chi connectivity index (χ0) is 22.1. The highest BCUT2D eigenvalue weighted by atomic mass is 16.2.